The number of carboxylic acids is 1. The standard InChI is InChI=1S/C19H25NO3S/c21-16(22)14-13-18(14)8-10-20(11-9-18)17(23)19(6-2-1-3-7-19)15-5-4-12-24-15/h4-5,12,14H,1-3,6-11,13H2,(H,21,22). The second-order valence-electron chi connectivity index (χ2n) is 7.87. The monoisotopic (exact) mass is 347 g/mol. The topological polar surface area (TPSA) is 57.6 Å². The number of carbonyl (C=O) groups is 2. The summed E-state index contributed by atoms with van der Waals surface area (Å²) in [6.45, 7) is 1.46. The third-order valence-corrected chi connectivity index (χ3v) is 7.72. The zero-order valence-corrected chi connectivity index (χ0v) is 14.8. The first kappa shape index (κ1) is 16.1. The minimum Gasteiger partial charge on any atom is -0.481 e. The molecular weight excluding hydrogens is 322 g/mol. The molecule has 1 spiro atoms. The zero-order chi connectivity index (χ0) is 16.8. The Kier molecular flexibility index (Phi) is 3.94. The van der Waals surface area contributed by atoms with Gasteiger partial charge in [0.05, 0.1) is 11.3 Å². The summed E-state index contributed by atoms with van der Waals surface area (Å²) < 4.78 is 0. The van der Waals surface area contributed by atoms with Crippen molar-refractivity contribution in [3.05, 3.63) is 22.4 Å². The summed E-state index contributed by atoms with van der Waals surface area (Å²) in [6.07, 6.45) is 7.93. The van der Waals surface area contributed by atoms with Gasteiger partial charge in [-0.1, -0.05) is 25.3 Å². The number of likely N-dealkylation sites (tertiary alicyclic amines) is 1. The van der Waals surface area contributed by atoms with Crippen LogP contribution >= 0.6 is 11.3 Å². The van der Waals surface area contributed by atoms with Gasteiger partial charge in [-0.2, -0.15) is 0 Å². The second-order valence-corrected chi connectivity index (χ2v) is 8.82. The minimum absolute atomic E-state index is 0.00866. The van der Waals surface area contributed by atoms with Gasteiger partial charge in [0.25, 0.3) is 0 Å². The van der Waals surface area contributed by atoms with Gasteiger partial charge >= 0.3 is 5.97 Å². The van der Waals surface area contributed by atoms with Crippen LogP contribution in [-0.4, -0.2) is 35.0 Å². The lowest BCUT2D eigenvalue weighted by atomic mass is 9.71. The van der Waals surface area contributed by atoms with Crippen LogP contribution in [0.1, 0.15) is 56.2 Å². The van der Waals surface area contributed by atoms with Crippen molar-refractivity contribution >= 4 is 23.2 Å². The molecule has 1 aromatic heterocycles. The molecule has 1 aliphatic heterocycles. The normalized spacial score (nSPS) is 27.8. The summed E-state index contributed by atoms with van der Waals surface area (Å²) in [5.41, 5.74) is -0.321. The molecule has 3 fully saturated rings. The van der Waals surface area contributed by atoms with E-state index in [4.69, 9.17) is 0 Å². The minimum atomic E-state index is -0.655. The Balaban J connectivity index is 1.50. The van der Waals surface area contributed by atoms with Crippen LogP contribution in [0.2, 0.25) is 0 Å². The van der Waals surface area contributed by atoms with Gasteiger partial charge in [0.1, 0.15) is 0 Å². The number of rotatable bonds is 3. The molecule has 1 aromatic rings. The molecule has 4 nitrogen and oxygen atoms in total. The summed E-state index contributed by atoms with van der Waals surface area (Å²) in [4.78, 5) is 27.9. The largest absolute Gasteiger partial charge is 0.481 e. The fourth-order valence-corrected chi connectivity index (χ4v) is 5.96. The van der Waals surface area contributed by atoms with Crippen LogP contribution in [0.25, 0.3) is 0 Å². The van der Waals surface area contributed by atoms with Crippen LogP contribution in [-0.2, 0) is 15.0 Å². The SMILES string of the molecule is O=C(O)C1CC12CCN(C(=O)C1(c3cccs3)CCCCC1)CC2. The number of amides is 1. The van der Waals surface area contributed by atoms with Gasteiger partial charge in [0, 0.05) is 18.0 Å². The smallest absolute Gasteiger partial charge is 0.307 e. The first-order valence-corrected chi connectivity index (χ1v) is 10.0. The summed E-state index contributed by atoms with van der Waals surface area (Å²) in [6, 6.07) is 4.18. The Morgan fingerprint density at radius 1 is 1.12 bits per heavy atom. The van der Waals surface area contributed by atoms with Gasteiger partial charge in [-0.05, 0) is 49.0 Å². The molecule has 0 aromatic carbocycles. The van der Waals surface area contributed by atoms with E-state index in [-0.39, 0.29) is 16.7 Å². The highest BCUT2D eigenvalue weighted by atomic mass is 32.1. The van der Waals surface area contributed by atoms with Crippen LogP contribution in [0, 0.1) is 11.3 Å². The Morgan fingerprint density at radius 3 is 2.38 bits per heavy atom. The number of carbonyl (C=O) groups excluding carboxylic acids is 1. The predicted octanol–water partition coefficient (Wildman–Crippen LogP) is 3.66. The highest BCUT2D eigenvalue weighted by Gasteiger charge is 2.59. The number of aliphatic carboxylic acids is 1. The van der Waals surface area contributed by atoms with Gasteiger partial charge < -0.3 is 10.0 Å². The van der Waals surface area contributed by atoms with Crippen LogP contribution < -0.4 is 0 Å². The maximum atomic E-state index is 13.4. The molecule has 1 unspecified atom stereocenters. The van der Waals surface area contributed by atoms with Crippen molar-refractivity contribution < 1.29 is 14.7 Å². The fourth-order valence-electron chi connectivity index (χ4n) is 4.98. The molecule has 2 heterocycles. The van der Waals surface area contributed by atoms with Crippen LogP contribution in [0.3, 0.4) is 0 Å². The average Bonchev–Trinajstić information content (AvgIpc) is 3.05. The first-order chi connectivity index (χ1) is 11.6. The van der Waals surface area contributed by atoms with Crippen molar-refractivity contribution in [2.45, 2.75) is 56.8 Å². The molecule has 1 N–H and O–H groups in total. The molecule has 130 valence electrons. The van der Waals surface area contributed by atoms with Crippen LogP contribution in [0.15, 0.2) is 17.5 Å². The van der Waals surface area contributed by atoms with E-state index in [0.29, 0.717) is 5.91 Å². The van der Waals surface area contributed by atoms with Crippen molar-refractivity contribution in [2.75, 3.05) is 13.1 Å². The molecule has 2 saturated carbocycles. The zero-order valence-electron chi connectivity index (χ0n) is 14.0. The van der Waals surface area contributed by atoms with E-state index in [9.17, 15) is 14.7 Å². The molecule has 0 bridgehead atoms. The van der Waals surface area contributed by atoms with Crippen molar-refractivity contribution in [1.82, 2.24) is 4.90 Å². The predicted molar refractivity (Wildman–Crippen MR) is 93.1 cm³/mol. The molecule has 1 saturated heterocycles. The van der Waals surface area contributed by atoms with E-state index >= 15 is 0 Å². The van der Waals surface area contributed by atoms with E-state index in [1.165, 1.54) is 11.3 Å². The number of nitrogens with zero attached hydrogens (tertiary/aromatic N) is 1. The lowest BCUT2D eigenvalue weighted by Crippen LogP contribution is -2.50. The Bertz CT molecular complexity index is 625. The Labute approximate surface area is 146 Å². The van der Waals surface area contributed by atoms with Crippen molar-refractivity contribution in [1.29, 1.82) is 0 Å². The first-order valence-electron chi connectivity index (χ1n) is 9.14. The third kappa shape index (κ3) is 2.48. The summed E-state index contributed by atoms with van der Waals surface area (Å²) >= 11 is 1.71. The maximum Gasteiger partial charge on any atom is 0.307 e. The summed E-state index contributed by atoms with van der Waals surface area (Å²) in [5.74, 6) is -0.528. The number of hydrogen-bond acceptors (Lipinski definition) is 3. The van der Waals surface area contributed by atoms with Crippen molar-refractivity contribution in [3.8, 4) is 0 Å². The molecule has 1 amide bonds. The highest BCUT2D eigenvalue weighted by molar-refractivity contribution is 7.10. The maximum absolute atomic E-state index is 13.4. The fraction of sp³-hybridized carbons (Fsp3) is 0.684. The van der Waals surface area contributed by atoms with Gasteiger partial charge in [0.15, 0.2) is 0 Å². The van der Waals surface area contributed by atoms with Crippen LogP contribution in [0.4, 0.5) is 0 Å². The summed E-state index contributed by atoms with van der Waals surface area (Å²) in [7, 11) is 0. The average molecular weight is 347 g/mol. The molecule has 2 aliphatic carbocycles. The van der Waals surface area contributed by atoms with Gasteiger partial charge in [0.2, 0.25) is 5.91 Å². The van der Waals surface area contributed by atoms with Crippen molar-refractivity contribution in [2.24, 2.45) is 11.3 Å². The second kappa shape index (κ2) is 5.87. The van der Waals surface area contributed by atoms with E-state index in [1.807, 2.05) is 4.90 Å². The molecule has 24 heavy (non-hydrogen) atoms. The number of piperidine rings is 1. The molecule has 5 heteroatoms. The molecule has 0 radical (unpaired) electrons. The van der Waals surface area contributed by atoms with Gasteiger partial charge in [-0.3, -0.25) is 9.59 Å². The van der Waals surface area contributed by atoms with Crippen molar-refractivity contribution in [3.63, 3.8) is 0 Å². The van der Waals surface area contributed by atoms with E-state index in [2.05, 4.69) is 17.5 Å². The number of carboxylic acid groups (broad SMARTS) is 1. The lowest BCUT2D eigenvalue weighted by molar-refractivity contribution is -0.141. The van der Waals surface area contributed by atoms with E-state index in [1.54, 1.807) is 11.3 Å². The quantitative estimate of drug-likeness (QED) is 0.908. The number of thiophene rings is 1. The van der Waals surface area contributed by atoms with Crippen LogP contribution in [0.5, 0.6) is 0 Å². The molecule has 3 aliphatic rings. The molecule has 4 rings (SSSR count). The van der Waals surface area contributed by atoms with E-state index < -0.39 is 5.97 Å². The Morgan fingerprint density at radius 2 is 1.83 bits per heavy atom. The Hall–Kier alpha value is -1.36. The number of hydrogen-bond donors (Lipinski definition) is 1. The third-order valence-electron chi connectivity index (χ3n) is 6.64. The van der Waals surface area contributed by atoms with Gasteiger partial charge in [-0.25, -0.2) is 0 Å². The molecular formula is C19H25NO3S. The van der Waals surface area contributed by atoms with E-state index in [0.717, 1.165) is 58.0 Å². The molecule has 1 atom stereocenters. The lowest BCUT2D eigenvalue weighted by Gasteiger charge is -2.42. The van der Waals surface area contributed by atoms with Gasteiger partial charge in [-0.15, -0.1) is 11.3 Å². The summed E-state index contributed by atoms with van der Waals surface area (Å²) in [5, 5.41) is 11.3. The highest BCUT2D eigenvalue weighted by Crippen LogP contribution is 2.59.